The van der Waals surface area contributed by atoms with Crippen molar-refractivity contribution in [2.75, 3.05) is 0 Å². The molecule has 0 atom stereocenters. The van der Waals surface area contributed by atoms with Crippen LogP contribution in [0.15, 0.2) is 10.6 Å². The summed E-state index contributed by atoms with van der Waals surface area (Å²) in [5.74, 6) is 0. The van der Waals surface area contributed by atoms with E-state index in [0.717, 1.165) is 0 Å². The molecule has 0 aliphatic carbocycles. The largest absolute Gasteiger partial charge is 0.451 e. The van der Waals surface area contributed by atoms with Crippen LogP contribution < -0.4 is 0 Å². The van der Waals surface area contributed by atoms with Gasteiger partial charge in [-0.3, -0.25) is 0 Å². The second kappa shape index (κ2) is 3.37. The molecule has 2 aromatic heterocycles. The zero-order chi connectivity index (χ0) is 7.84. The Hall–Kier alpha value is -0.672. The molecule has 2 heterocycles. The molecule has 0 unspecified atom stereocenters. The van der Waals surface area contributed by atoms with Gasteiger partial charge < -0.3 is 15.1 Å². The van der Waals surface area contributed by atoms with Gasteiger partial charge in [0.1, 0.15) is 16.8 Å². The van der Waals surface area contributed by atoms with E-state index in [-0.39, 0.29) is 43.6 Å². The van der Waals surface area contributed by atoms with Crippen LogP contribution in [0, 0.1) is 0 Å². The van der Waals surface area contributed by atoms with E-state index in [4.69, 9.17) is 21.8 Å². The Morgan fingerprint density at radius 3 is 2.92 bits per heavy atom. The molecule has 2 aromatic rings. The van der Waals surface area contributed by atoms with Crippen molar-refractivity contribution < 1.29 is 25.5 Å². The van der Waals surface area contributed by atoms with Crippen LogP contribution in [0.5, 0.6) is 0 Å². The Morgan fingerprint density at radius 1 is 1.42 bits per heavy atom. The number of hydrogen-bond acceptors (Lipinski definition) is 4. The molecule has 0 amide bonds. The summed E-state index contributed by atoms with van der Waals surface area (Å²) in [6, 6.07) is -0.206. The fourth-order valence-electron chi connectivity index (χ4n) is 0.703. The fraction of sp³-hybridized carbons (Fsp3) is 0. The van der Waals surface area contributed by atoms with Crippen molar-refractivity contribution in [1.82, 2.24) is 15.0 Å². The first-order valence-corrected chi connectivity index (χ1v) is 3.14. The van der Waals surface area contributed by atoms with Gasteiger partial charge in [-0.05, 0) is 0 Å². The number of hydrogen-bond donors (Lipinski definition) is 0. The van der Waals surface area contributed by atoms with Crippen LogP contribution in [0.2, 0.25) is 5.15 Å². The van der Waals surface area contributed by atoms with Gasteiger partial charge in [-0.2, -0.15) is 0 Å². The number of halogens is 1. The van der Waals surface area contributed by atoms with Crippen molar-refractivity contribution in [2.24, 2.45) is 0 Å². The Kier molecular flexibility index (Phi) is 2.65. The van der Waals surface area contributed by atoms with Crippen molar-refractivity contribution >= 4 is 29.0 Å². The molecule has 0 saturated carbocycles. The maximum absolute atomic E-state index is 6.99. The monoisotopic (exact) mass is 353 g/mol. The van der Waals surface area contributed by atoms with E-state index in [1.807, 2.05) is 0 Å². The number of aromatic nitrogens is 3. The van der Waals surface area contributed by atoms with Gasteiger partial charge in [-0.15, -0.1) is 0 Å². The minimum atomic E-state index is -0.206. The van der Waals surface area contributed by atoms with E-state index in [1.165, 1.54) is 6.20 Å². The molecule has 0 radical (unpaired) electrons. The van der Waals surface area contributed by atoms with Crippen LogP contribution in [0.3, 0.4) is 0 Å². The molecule has 0 aromatic carbocycles. The van der Waals surface area contributed by atoms with Crippen LogP contribution in [-0.4, -0.2) is 15.0 Å². The van der Waals surface area contributed by atoms with Crippen LogP contribution >= 0.6 is 11.6 Å². The molecule has 2 rings (SSSR count). The Labute approximate surface area is 86.6 Å². The average Bonchev–Trinajstić information content (AvgIpc) is 2.27. The van der Waals surface area contributed by atoms with Gasteiger partial charge in [0.2, 0.25) is 5.71 Å². The van der Waals surface area contributed by atoms with Gasteiger partial charge in [0.05, 0.1) is 6.20 Å². The molecule has 1 N–H and O–H groups in total. The molecule has 0 aliphatic rings. The van der Waals surface area contributed by atoms with Gasteiger partial charge >= 0.3 is 0 Å². The van der Waals surface area contributed by atoms with Crippen LogP contribution in [0.4, 0.5) is 6.01 Å². The third kappa shape index (κ3) is 1.57. The Morgan fingerprint density at radius 2 is 2.17 bits per heavy atom. The first-order valence-electron chi connectivity index (χ1n) is 2.76. The molecule has 5 nitrogen and oxygen atoms in total. The van der Waals surface area contributed by atoms with Crippen molar-refractivity contribution in [2.45, 2.75) is 0 Å². The zero-order valence-corrected chi connectivity index (χ0v) is 9.30. The van der Waals surface area contributed by atoms with Gasteiger partial charge in [-0.25, -0.2) is 9.97 Å². The summed E-state index contributed by atoms with van der Waals surface area (Å²) in [4.78, 5) is 11.1. The summed E-state index contributed by atoms with van der Waals surface area (Å²) in [6.45, 7) is 0. The number of nitrogens with zero attached hydrogens (tertiary/aromatic N) is 3. The van der Waals surface area contributed by atoms with E-state index in [2.05, 4.69) is 15.0 Å². The molecular weight excluding hydrogens is 351 g/mol. The molecule has 0 bridgehead atoms. The number of rotatable bonds is 0. The molecule has 0 spiro atoms. The quantitative estimate of drug-likeness (QED) is 0.725. The van der Waals surface area contributed by atoms with Gasteiger partial charge in [0, 0.05) is 21.1 Å². The molecule has 7 heteroatoms. The number of nitrogens with one attached hydrogen (secondary N) is 1. The summed E-state index contributed by atoms with van der Waals surface area (Å²) >= 11 is 5.51. The topological polar surface area (TPSA) is 75.6 Å². The van der Waals surface area contributed by atoms with E-state index in [0.29, 0.717) is 0 Å². The van der Waals surface area contributed by atoms with Crippen LogP contribution in [0.1, 0.15) is 0 Å². The first-order chi connectivity index (χ1) is 5.25. The van der Waals surface area contributed by atoms with Gasteiger partial charge in [0.25, 0.3) is 0 Å². The fourth-order valence-corrected chi connectivity index (χ4v) is 0.832. The third-order valence-electron chi connectivity index (χ3n) is 1.09. The summed E-state index contributed by atoms with van der Waals surface area (Å²) in [5, 5.41) is 0.241. The minimum Gasteiger partial charge on any atom is -0.451 e. The summed E-state index contributed by atoms with van der Waals surface area (Å²) < 4.78 is 4.75. The van der Waals surface area contributed by atoms with Crippen molar-refractivity contribution in [3.63, 3.8) is 0 Å². The number of oxazole rings is 1. The Bertz CT molecular complexity index is 403. The minimum absolute atomic E-state index is 0. The molecular formula is C5H2ClN4OW-. The van der Waals surface area contributed by atoms with E-state index < -0.39 is 0 Å². The number of fused-ring (bicyclic) bond motifs is 1. The normalized spacial score (nSPS) is 9.75. The van der Waals surface area contributed by atoms with E-state index >= 15 is 0 Å². The summed E-state index contributed by atoms with van der Waals surface area (Å²) in [5.41, 5.74) is 7.49. The maximum atomic E-state index is 6.99. The molecule has 12 heavy (non-hydrogen) atoms. The third-order valence-corrected chi connectivity index (χ3v) is 1.28. The first kappa shape index (κ1) is 9.42. The molecule has 0 aliphatic heterocycles. The van der Waals surface area contributed by atoms with Gasteiger partial charge in [-0.1, -0.05) is 11.6 Å². The van der Waals surface area contributed by atoms with E-state index in [1.54, 1.807) is 0 Å². The molecule has 0 saturated heterocycles. The van der Waals surface area contributed by atoms with Crippen LogP contribution in [-0.2, 0) is 21.1 Å². The SMILES string of the molecule is [NH-]c1nc2nc(Cl)cnc2o1.[W]. The van der Waals surface area contributed by atoms with Crippen molar-refractivity contribution in [3.05, 3.63) is 17.1 Å². The standard InChI is InChI=1S/C5H2ClN4O.W/c6-2-1-8-4-3(9-2)10-5(7)11-4;/h1H,(H-,7,9,10);/q-1;. The Balaban J connectivity index is 0.000000720. The second-order valence-corrected chi connectivity index (χ2v) is 2.23. The van der Waals surface area contributed by atoms with E-state index in [9.17, 15) is 0 Å². The average molecular weight is 353 g/mol. The maximum Gasteiger partial charge on any atom is 0.241 e. The summed E-state index contributed by atoms with van der Waals surface area (Å²) in [6.07, 6.45) is 1.34. The van der Waals surface area contributed by atoms with Crippen molar-refractivity contribution in [1.29, 1.82) is 0 Å². The van der Waals surface area contributed by atoms with Gasteiger partial charge in [0.15, 0.2) is 0 Å². The smallest absolute Gasteiger partial charge is 0.241 e. The zero-order valence-electron chi connectivity index (χ0n) is 5.61. The van der Waals surface area contributed by atoms with Crippen molar-refractivity contribution in [3.8, 4) is 0 Å². The molecule has 62 valence electrons. The predicted molar refractivity (Wildman–Crippen MR) is 38.6 cm³/mol. The predicted octanol–water partition coefficient (Wildman–Crippen LogP) is 1.95. The van der Waals surface area contributed by atoms with Crippen LogP contribution in [0.25, 0.3) is 17.1 Å². The molecule has 0 fully saturated rings. The second-order valence-electron chi connectivity index (χ2n) is 1.84. The summed E-state index contributed by atoms with van der Waals surface area (Å²) in [7, 11) is 0.